The number of aliphatic carboxylic acids is 1. The zero-order valence-electron chi connectivity index (χ0n) is 12.2. The summed E-state index contributed by atoms with van der Waals surface area (Å²) >= 11 is 0. The van der Waals surface area contributed by atoms with Gasteiger partial charge in [0.1, 0.15) is 0 Å². The Kier molecular flexibility index (Phi) is 5.71. The number of carboxylic acid groups (broad SMARTS) is 1. The van der Waals surface area contributed by atoms with Crippen LogP contribution in [0.15, 0.2) is 18.2 Å². The normalized spacial score (nSPS) is 9.86. The minimum absolute atomic E-state index is 0.0941. The summed E-state index contributed by atoms with van der Waals surface area (Å²) in [7, 11) is 2.78. The smallest absolute Gasteiger partial charge is 0.338 e. The van der Waals surface area contributed by atoms with Gasteiger partial charge in [-0.15, -0.1) is 0 Å². The van der Waals surface area contributed by atoms with E-state index in [1.807, 2.05) is 0 Å². The highest BCUT2D eigenvalue weighted by Gasteiger charge is 2.13. The Bertz CT molecular complexity index is 556. The number of nitrogens with zero attached hydrogens (tertiary/aromatic N) is 1. The Hall–Kier alpha value is -2.57. The average Bonchev–Trinajstić information content (AvgIpc) is 2.45. The number of methoxy groups -OCH3 is 1. The molecule has 0 aliphatic heterocycles. The first-order valence-corrected chi connectivity index (χ1v) is 6.28. The number of hydrogen-bond donors (Lipinski definition) is 2. The third-order valence-corrected chi connectivity index (χ3v) is 2.90. The first kappa shape index (κ1) is 16.5. The van der Waals surface area contributed by atoms with E-state index >= 15 is 0 Å². The van der Waals surface area contributed by atoms with Gasteiger partial charge in [-0.2, -0.15) is 0 Å². The molecule has 0 aliphatic carbocycles. The number of urea groups is 1. The maximum Gasteiger partial charge on any atom is 0.338 e. The van der Waals surface area contributed by atoms with Crippen molar-refractivity contribution in [3.63, 3.8) is 0 Å². The lowest BCUT2D eigenvalue weighted by molar-refractivity contribution is -0.137. The van der Waals surface area contributed by atoms with Crippen LogP contribution in [0.3, 0.4) is 0 Å². The maximum atomic E-state index is 11.9. The zero-order valence-corrected chi connectivity index (χ0v) is 12.2. The molecule has 0 radical (unpaired) electrons. The molecule has 0 spiro atoms. The second kappa shape index (κ2) is 7.28. The van der Waals surface area contributed by atoms with E-state index in [4.69, 9.17) is 5.11 Å². The molecule has 0 saturated carbocycles. The highest BCUT2D eigenvalue weighted by Crippen LogP contribution is 2.16. The molecular formula is C14H18N2O5. The Labute approximate surface area is 122 Å². The monoisotopic (exact) mass is 294 g/mol. The summed E-state index contributed by atoms with van der Waals surface area (Å²) in [4.78, 5) is 35.2. The van der Waals surface area contributed by atoms with Crippen LogP contribution in [-0.4, -0.2) is 48.7 Å². The van der Waals surface area contributed by atoms with E-state index in [-0.39, 0.29) is 13.0 Å². The molecule has 114 valence electrons. The zero-order chi connectivity index (χ0) is 16.0. The molecule has 7 nitrogen and oxygen atoms in total. The molecule has 0 aromatic heterocycles. The summed E-state index contributed by atoms with van der Waals surface area (Å²) in [5, 5.41) is 11.2. The predicted molar refractivity (Wildman–Crippen MR) is 76.4 cm³/mol. The van der Waals surface area contributed by atoms with Crippen LogP contribution in [0.2, 0.25) is 0 Å². The Morgan fingerprint density at radius 1 is 1.33 bits per heavy atom. The lowest BCUT2D eigenvalue weighted by Crippen LogP contribution is -2.33. The number of benzene rings is 1. The van der Waals surface area contributed by atoms with E-state index < -0.39 is 18.0 Å². The second-order valence-corrected chi connectivity index (χ2v) is 4.52. The molecule has 1 rings (SSSR count). The van der Waals surface area contributed by atoms with Crippen LogP contribution < -0.4 is 5.32 Å². The van der Waals surface area contributed by atoms with E-state index in [2.05, 4.69) is 10.1 Å². The van der Waals surface area contributed by atoms with Crippen LogP contribution in [0.25, 0.3) is 0 Å². The third-order valence-electron chi connectivity index (χ3n) is 2.90. The van der Waals surface area contributed by atoms with E-state index in [0.717, 1.165) is 5.56 Å². The number of hydrogen-bond acceptors (Lipinski definition) is 4. The fourth-order valence-electron chi connectivity index (χ4n) is 1.61. The number of rotatable bonds is 5. The molecule has 0 fully saturated rings. The van der Waals surface area contributed by atoms with Crippen molar-refractivity contribution in [3.8, 4) is 0 Å². The number of esters is 1. The summed E-state index contributed by atoms with van der Waals surface area (Å²) in [6, 6.07) is 4.42. The van der Waals surface area contributed by atoms with Gasteiger partial charge in [0, 0.05) is 19.3 Å². The van der Waals surface area contributed by atoms with Gasteiger partial charge in [-0.25, -0.2) is 9.59 Å². The predicted octanol–water partition coefficient (Wildman–Crippen LogP) is 1.72. The first-order chi connectivity index (χ1) is 9.85. The Morgan fingerprint density at radius 3 is 2.57 bits per heavy atom. The van der Waals surface area contributed by atoms with Crippen LogP contribution in [0.1, 0.15) is 22.3 Å². The maximum absolute atomic E-state index is 11.9. The highest BCUT2D eigenvalue weighted by atomic mass is 16.5. The van der Waals surface area contributed by atoms with Crippen molar-refractivity contribution in [3.05, 3.63) is 29.3 Å². The fraction of sp³-hybridized carbons (Fsp3) is 0.357. The number of aryl methyl sites for hydroxylation is 1. The van der Waals surface area contributed by atoms with Gasteiger partial charge in [0.25, 0.3) is 0 Å². The molecule has 0 unspecified atom stereocenters. The molecule has 21 heavy (non-hydrogen) atoms. The van der Waals surface area contributed by atoms with Crippen molar-refractivity contribution >= 4 is 23.7 Å². The minimum atomic E-state index is -0.974. The number of carbonyl (C=O) groups excluding carboxylic acids is 2. The van der Waals surface area contributed by atoms with Gasteiger partial charge in [0.05, 0.1) is 19.1 Å². The Balaban J connectivity index is 2.76. The average molecular weight is 294 g/mol. The summed E-state index contributed by atoms with van der Waals surface area (Å²) in [6.07, 6.45) is -0.134. The third kappa shape index (κ3) is 4.79. The Morgan fingerprint density at radius 2 is 2.00 bits per heavy atom. The largest absolute Gasteiger partial charge is 0.481 e. The number of carbonyl (C=O) groups is 3. The van der Waals surface area contributed by atoms with Gasteiger partial charge < -0.3 is 20.1 Å². The molecule has 1 aromatic carbocycles. The van der Waals surface area contributed by atoms with Gasteiger partial charge in [-0.05, 0) is 24.6 Å². The summed E-state index contributed by atoms with van der Waals surface area (Å²) in [5.41, 5.74) is 1.54. The van der Waals surface area contributed by atoms with Gasteiger partial charge in [0.2, 0.25) is 0 Å². The van der Waals surface area contributed by atoms with Crippen LogP contribution in [-0.2, 0) is 9.53 Å². The van der Waals surface area contributed by atoms with Gasteiger partial charge in [0.15, 0.2) is 0 Å². The molecular weight excluding hydrogens is 276 g/mol. The molecule has 0 saturated heterocycles. The van der Waals surface area contributed by atoms with Crippen molar-refractivity contribution < 1.29 is 24.2 Å². The topological polar surface area (TPSA) is 95.9 Å². The number of ether oxygens (including phenoxy) is 1. The standard InChI is InChI=1S/C14H18N2O5/c1-9-4-5-10(8-11(9)13(19)21-3)15-14(20)16(2)7-6-12(17)18/h4-5,8H,6-7H2,1-3H3,(H,15,20)(H,17,18). The molecule has 0 atom stereocenters. The SMILES string of the molecule is COC(=O)c1cc(NC(=O)N(C)CCC(=O)O)ccc1C. The van der Waals surface area contributed by atoms with Crippen molar-refractivity contribution in [1.82, 2.24) is 4.90 Å². The van der Waals surface area contributed by atoms with Crippen molar-refractivity contribution in [1.29, 1.82) is 0 Å². The van der Waals surface area contributed by atoms with Crippen LogP contribution in [0, 0.1) is 6.92 Å². The summed E-state index contributed by atoms with van der Waals surface area (Å²) < 4.78 is 4.66. The lowest BCUT2D eigenvalue weighted by Gasteiger charge is -2.17. The number of nitrogens with one attached hydrogen (secondary N) is 1. The van der Waals surface area contributed by atoms with Crippen molar-refractivity contribution in [2.75, 3.05) is 26.0 Å². The molecule has 0 aliphatic rings. The molecule has 0 heterocycles. The van der Waals surface area contributed by atoms with E-state index in [1.54, 1.807) is 19.1 Å². The number of carboxylic acids is 1. The van der Waals surface area contributed by atoms with Gasteiger partial charge in [-0.3, -0.25) is 4.79 Å². The highest BCUT2D eigenvalue weighted by molar-refractivity contribution is 5.95. The molecule has 1 aromatic rings. The minimum Gasteiger partial charge on any atom is -0.481 e. The van der Waals surface area contributed by atoms with E-state index in [1.165, 1.54) is 25.1 Å². The van der Waals surface area contributed by atoms with Crippen molar-refractivity contribution in [2.45, 2.75) is 13.3 Å². The number of anilines is 1. The fourth-order valence-corrected chi connectivity index (χ4v) is 1.61. The van der Waals surface area contributed by atoms with Crippen LogP contribution in [0.5, 0.6) is 0 Å². The summed E-state index contributed by atoms with van der Waals surface area (Å²) in [6.45, 7) is 1.85. The van der Waals surface area contributed by atoms with Gasteiger partial charge >= 0.3 is 18.0 Å². The second-order valence-electron chi connectivity index (χ2n) is 4.52. The summed E-state index contributed by atoms with van der Waals surface area (Å²) in [5.74, 6) is -1.46. The molecule has 7 heteroatoms. The van der Waals surface area contributed by atoms with Gasteiger partial charge in [-0.1, -0.05) is 6.07 Å². The number of amides is 2. The first-order valence-electron chi connectivity index (χ1n) is 6.28. The van der Waals surface area contributed by atoms with Crippen LogP contribution in [0.4, 0.5) is 10.5 Å². The lowest BCUT2D eigenvalue weighted by atomic mass is 10.1. The molecule has 2 amide bonds. The molecule has 0 bridgehead atoms. The van der Waals surface area contributed by atoms with E-state index in [0.29, 0.717) is 11.3 Å². The van der Waals surface area contributed by atoms with E-state index in [9.17, 15) is 14.4 Å². The van der Waals surface area contributed by atoms with Crippen LogP contribution >= 0.6 is 0 Å². The molecule has 2 N–H and O–H groups in total. The van der Waals surface area contributed by atoms with Crippen molar-refractivity contribution in [2.24, 2.45) is 0 Å². The quantitative estimate of drug-likeness (QED) is 0.806.